The lowest BCUT2D eigenvalue weighted by Gasteiger charge is -2.05. The van der Waals surface area contributed by atoms with Gasteiger partial charge in [-0.2, -0.15) is 0 Å². The number of nitrogens with zero attached hydrogens (tertiary/aromatic N) is 2. The van der Waals surface area contributed by atoms with Crippen molar-refractivity contribution in [3.63, 3.8) is 0 Å². The van der Waals surface area contributed by atoms with E-state index in [2.05, 4.69) is 15.5 Å². The molecule has 2 rings (SSSR count). The minimum atomic E-state index is -0.455. The van der Waals surface area contributed by atoms with Crippen LogP contribution in [0.3, 0.4) is 0 Å². The largest absolute Gasteiger partial charge is 0.382 e. The maximum atomic E-state index is 10.9. The van der Waals surface area contributed by atoms with Crippen molar-refractivity contribution in [3.05, 3.63) is 42.0 Å². The van der Waals surface area contributed by atoms with Crippen LogP contribution in [-0.4, -0.2) is 16.1 Å². The van der Waals surface area contributed by atoms with E-state index in [1.54, 1.807) is 36.4 Å². The van der Waals surface area contributed by atoms with Crippen molar-refractivity contribution < 1.29 is 4.79 Å². The molecule has 0 unspecified atom stereocenters. The summed E-state index contributed by atoms with van der Waals surface area (Å²) in [6.45, 7) is 0. The molecule has 0 fully saturated rings. The normalized spacial score (nSPS) is 9.88. The predicted octanol–water partition coefficient (Wildman–Crippen LogP) is 0.901. The van der Waals surface area contributed by atoms with Gasteiger partial charge in [-0.25, -0.2) is 0 Å². The summed E-state index contributed by atoms with van der Waals surface area (Å²) < 4.78 is 0. The Balaban J connectivity index is 2.13. The number of benzene rings is 1. The van der Waals surface area contributed by atoms with Gasteiger partial charge >= 0.3 is 0 Å². The molecule has 1 aromatic carbocycles. The highest BCUT2D eigenvalue weighted by Crippen LogP contribution is 2.14. The summed E-state index contributed by atoms with van der Waals surface area (Å²) in [5, 5.41) is 10.6. The minimum absolute atomic E-state index is 0.361. The lowest BCUT2D eigenvalue weighted by Crippen LogP contribution is -2.10. The number of hydrogen-bond donors (Lipinski definition) is 3. The van der Waals surface area contributed by atoms with Crippen molar-refractivity contribution in [1.29, 1.82) is 0 Å². The van der Waals surface area contributed by atoms with E-state index in [1.807, 2.05) is 0 Å². The smallest absolute Gasteiger partial charge is 0.248 e. The van der Waals surface area contributed by atoms with Crippen LogP contribution in [-0.2, 0) is 0 Å². The summed E-state index contributed by atoms with van der Waals surface area (Å²) in [4.78, 5) is 10.9. The average Bonchev–Trinajstić information content (AvgIpc) is 2.33. The molecule has 0 spiro atoms. The number of amides is 1. The summed E-state index contributed by atoms with van der Waals surface area (Å²) in [7, 11) is 0. The van der Waals surface area contributed by atoms with Gasteiger partial charge in [-0.15, -0.1) is 10.2 Å². The zero-order valence-electron chi connectivity index (χ0n) is 8.92. The van der Waals surface area contributed by atoms with Gasteiger partial charge in [0.2, 0.25) is 5.91 Å². The molecule has 1 amide bonds. The quantitative estimate of drug-likeness (QED) is 0.724. The maximum Gasteiger partial charge on any atom is 0.248 e. The Morgan fingerprint density at radius 2 is 1.76 bits per heavy atom. The molecule has 0 radical (unpaired) electrons. The second kappa shape index (κ2) is 4.48. The summed E-state index contributed by atoms with van der Waals surface area (Å²) in [6.07, 6.45) is 0. The zero-order valence-corrected chi connectivity index (χ0v) is 8.92. The lowest BCUT2D eigenvalue weighted by atomic mass is 10.2. The van der Waals surface area contributed by atoms with E-state index in [4.69, 9.17) is 11.5 Å². The van der Waals surface area contributed by atoms with Gasteiger partial charge in [0, 0.05) is 11.3 Å². The second-order valence-corrected chi connectivity index (χ2v) is 3.41. The fourth-order valence-electron chi connectivity index (χ4n) is 1.27. The monoisotopic (exact) mass is 229 g/mol. The molecular weight excluding hydrogens is 218 g/mol. The topological polar surface area (TPSA) is 107 Å². The highest BCUT2D eigenvalue weighted by Gasteiger charge is 2.00. The molecule has 86 valence electrons. The Hall–Kier alpha value is -2.63. The summed E-state index contributed by atoms with van der Waals surface area (Å²) in [5.74, 6) is 0.481. The van der Waals surface area contributed by atoms with Gasteiger partial charge in [0.05, 0.1) is 0 Å². The van der Waals surface area contributed by atoms with Crippen LogP contribution in [0.15, 0.2) is 36.4 Å². The number of hydrogen-bond acceptors (Lipinski definition) is 5. The molecule has 0 saturated carbocycles. The number of carbonyl (C=O) groups is 1. The molecule has 6 nitrogen and oxygen atoms in total. The standard InChI is InChI=1S/C11H11N5O/c12-9-5-6-10(16-15-9)14-8-3-1-7(2-4-8)11(13)17/h1-6H,(H2,12,15)(H2,13,17)(H,14,16). The molecule has 0 aliphatic rings. The van der Waals surface area contributed by atoms with Crippen LogP contribution in [0.5, 0.6) is 0 Å². The van der Waals surface area contributed by atoms with Crippen molar-refractivity contribution >= 4 is 23.2 Å². The Morgan fingerprint density at radius 1 is 1.06 bits per heavy atom. The Labute approximate surface area is 97.7 Å². The van der Waals surface area contributed by atoms with E-state index >= 15 is 0 Å². The van der Waals surface area contributed by atoms with E-state index in [0.717, 1.165) is 5.69 Å². The first-order chi connectivity index (χ1) is 8.15. The first-order valence-corrected chi connectivity index (χ1v) is 4.91. The van der Waals surface area contributed by atoms with E-state index in [9.17, 15) is 4.79 Å². The van der Waals surface area contributed by atoms with E-state index in [0.29, 0.717) is 17.2 Å². The van der Waals surface area contributed by atoms with Gasteiger partial charge in [0.25, 0.3) is 0 Å². The molecular formula is C11H11N5O. The molecule has 0 atom stereocenters. The van der Waals surface area contributed by atoms with Crippen LogP contribution >= 0.6 is 0 Å². The van der Waals surface area contributed by atoms with Gasteiger partial charge in [-0.1, -0.05) is 0 Å². The third kappa shape index (κ3) is 2.69. The van der Waals surface area contributed by atoms with Crippen molar-refractivity contribution in [2.75, 3.05) is 11.1 Å². The molecule has 5 N–H and O–H groups in total. The molecule has 0 saturated heterocycles. The van der Waals surface area contributed by atoms with E-state index < -0.39 is 5.91 Å². The van der Waals surface area contributed by atoms with Crippen LogP contribution < -0.4 is 16.8 Å². The molecule has 0 aliphatic heterocycles. The van der Waals surface area contributed by atoms with E-state index in [1.165, 1.54) is 0 Å². The first-order valence-electron chi connectivity index (χ1n) is 4.91. The van der Waals surface area contributed by atoms with E-state index in [-0.39, 0.29) is 0 Å². The number of anilines is 3. The van der Waals surface area contributed by atoms with Crippen LogP contribution in [0, 0.1) is 0 Å². The van der Waals surface area contributed by atoms with Crippen LogP contribution in [0.2, 0.25) is 0 Å². The van der Waals surface area contributed by atoms with Gasteiger partial charge in [-0.05, 0) is 36.4 Å². The molecule has 1 heterocycles. The lowest BCUT2D eigenvalue weighted by molar-refractivity contribution is 0.100. The van der Waals surface area contributed by atoms with Gasteiger partial charge in [0.1, 0.15) is 5.82 Å². The zero-order chi connectivity index (χ0) is 12.3. The number of nitrogens with one attached hydrogen (secondary N) is 1. The van der Waals surface area contributed by atoms with Crippen molar-refractivity contribution in [2.45, 2.75) is 0 Å². The number of nitrogen functional groups attached to an aromatic ring is 1. The highest BCUT2D eigenvalue weighted by atomic mass is 16.1. The van der Waals surface area contributed by atoms with Crippen molar-refractivity contribution in [1.82, 2.24) is 10.2 Å². The van der Waals surface area contributed by atoms with Gasteiger partial charge in [0.15, 0.2) is 5.82 Å². The molecule has 17 heavy (non-hydrogen) atoms. The molecule has 2 aromatic rings. The maximum absolute atomic E-state index is 10.9. The van der Waals surface area contributed by atoms with Crippen molar-refractivity contribution in [3.8, 4) is 0 Å². The fraction of sp³-hybridized carbons (Fsp3) is 0. The Morgan fingerprint density at radius 3 is 2.29 bits per heavy atom. The number of primary amides is 1. The molecule has 0 bridgehead atoms. The SMILES string of the molecule is NC(=O)c1ccc(Nc2ccc(N)nn2)cc1. The summed E-state index contributed by atoms with van der Waals surface area (Å²) in [6, 6.07) is 10.1. The summed E-state index contributed by atoms with van der Waals surface area (Å²) >= 11 is 0. The van der Waals surface area contributed by atoms with Crippen LogP contribution in [0.25, 0.3) is 0 Å². The minimum Gasteiger partial charge on any atom is -0.382 e. The predicted molar refractivity (Wildman–Crippen MR) is 64.7 cm³/mol. The van der Waals surface area contributed by atoms with Crippen molar-refractivity contribution in [2.24, 2.45) is 5.73 Å². The molecule has 0 aliphatic carbocycles. The number of nitrogens with two attached hydrogens (primary N) is 2. The Kier molecular flexibility index (Phi) is 2.87. The molecule has 6 heteroatoms. The summed E-state index contributed by atoms with van der Waals surface area (Å²) in [5.41, 5.74) is 11.8. The first kappa shape index (κ1) is 10.9. The highest BCUT2D eigenvalue weighted by molar-refractivity contribution is 5.93. The molecule has 1 aromatic heterocycles. The van der Waals surface area contributed by atoms with Gasteiger partial charge in [-0.3, -0.25) is 4.79 Å². The third-order valence-electron chi connectivity index (χ3n) is 2.13. The van der Waals surface area contributed by atoms with Crippen LogP contribution in [0.1, 0.15) is 10.4 Å². The Bertz CT molecular complexity index is 521. The number of aromatic nitrogens is 2. The average molecular weight is 229 g/mol. The fourth-order valence-corrected chi connectivity index (χ4v) is 1.27. The number of rotatable bonds is 3. The third-order valence-corrected chi connectivity index (χ3v) is 2.13. The number of carbonyl (C=O) groups excluding carboxylic acids is 1. The van der Waals surface area contributed by atoms with Gasteiger partial charge < -0.3 is 16.8 Å². The van der Waals surface area contributed by atoms with Crippen LogP contribution in [0.4, 0.5) is 17.3 Å². The second-order valence-electron chi connectivity index (χ2n) is 3.41.